The largest absolute Gasteiger partial charge is 0.0992 e. The molecular formula is C15H18. The van der Waals surface area contributed by atoms with E-state index in [-0.39, 0.29) is 0 Å². The van der Waals surface area contributed by atoms with Gasteiger partial charge in [-0.05, 0) is 30.4 Å². The van der Waals surface area contributed by atoms with E-state index in [4.69, 9.17) is 0 Å². The Morgan fingerprint density at radius 2 is 1.87 bits per heavy atom. The van der Waals surface area contributed by atoms with Crippen LogP contribution in [0.4, 0.5) is 0 Å². The summed E-state index contributed by atoms with van der Waals surface area (Å²) in [6.07, 6.45) is 5.02. The van der Waals surface area contributed by atoms with E-state index in [0.717, 1.165) is 0 Å². The predicted molar refractivity (Wildman–Crippen MR) is 66.6 cm³/mol. The van der Waals surface area contributed by atoms with Crippen LogP contribution < -0.4 is 0 Å². The molecule has 78 valence electrons. The van der Waals surface area contributed by atoms with Gasteiger partial charge in [0.15, 0.2) is 0 Å². The van der Waals surface area contributed by atoms with Crippen LogP contribution in [0.1, 0.15) is 31.2 Å². The van der Waals surface area contributed by atoms with Crippen LogP contribution in [0.3, 0.4) is 0 Å². The van der Waals surface area contributed by atoms with E-state index in [9.17, 15) is 0 Å². The molecule has 0 nitrogen and oxygen atoms in total. The molecule has 0 saturated heterocycles. The van der Waals surface area contributed by atoms with E-state index in [1.165, 1.54) is 42.4 Å². The van der Waals surface area contributed by atoms with E-state index in [1.807, 2.05) is 6.07 Å². The topological polar surface area (TPSA) is 0 Å². The third kappa shape index (κ3) is 2.20. The Bertz CT molecular complexity index is 359. The molecule has 0 amide bonds. The van der Waals surface area contributed by atoms with Gasteiger partial charge in [-0.3, -0.25) is 0 Å². The van der Waals surface area contributed by atoms with Gasteiger partial charge in [0.05, 0.1) is 0 Å². The van der Waals surface area contributed by atoms with Gasteiger partial charge in [0.1, 0.15) is 0 Å². The van der Waals surface area contributed by atoms with Crippen LogP contribution in [0.2, 0.25) is 0 Å². The van der Waals surface area contributed by atoms with Crippen molar-refractivity contribution in [2.24, 2.45) is 5.92 Å². The van der Waals surface area contributed by atoms with Gasteiger partial charge < -0.3 is 0 Å². The van der Waals surface area contributed by atoms with Gasteiger partial charge >= 0.3 is 0 Å². The second kappa shape index (κ2) is 4.48. The molecule has 0 spiro atoms. The molecule has 0 bridgehead atoms. The first-order valence-electron chi connectivity index (χ1n) is 5.71. The van der Waals surface area contributed by atoms with Crippen molar-refractivity contribution in [2.45, 2.75) is 25.7 Å². The lowest BCUT2D eigenvalue weighted by Crippen LogP contribution is -2.10. The fraction of sp³-hybridized carbons (Fsp3) is 0.333. The van der Waals surface area contributed by atoms with Crippen molar-refractivity contribution in [2.75, 3.05) is 0 Å². The lowest BCUT2D eigenvalue weighted by atomic mass is 9.79. The zero-order valence-electron chi connectivity index (χ0n) is 9.21. The lowest BCUT2D eigenvalue weighted by Gasteiger charge is -2.26. The average molecular weight is 198 g/mol. The molecule has 0 aromatic heterocycles. The zero-order chi connectivity index (χ0) is 10.7. The van der Waals surface area contributed by atoms with Gasteiger partial charge in [-0.2, -0.15) is 0 Å². The Hall–Kier alpha value is -1.30. The zero-order valence-corrected chi connectivity index (χ0v) is 9.21. The minimum Gasteiger partial charge on any atom is -0.0992 e. The van der Waals surface area contributed by atoms with Crippen molar-refractivity contribution in [3.63, 3.8) is 0 Å². The third-order valence-corrected chi connectivity index (χ3v) is 3.30. The molecule has 0 aliphatic heterocycles. The number of rotatable bonds is 2. The molecule has 15 heavy (non-hydrogen) atoms. The molecule has 0 heterocycles. The first-order valence-corrected chi connectivity index (χ1v) is 5.71. The Balaban J connectivity index is 2.17. The molecule has 1 aliphatic carbocycles. The maximum Gasteiger partial charge on any atom is 0.00455 e. The molecule has 2 rings (SSSR count). The number of benzene rings is 1. The quantitative estimate of drug-likeness (QED) is 0.616. The van der Waals surface area contributed by atoms with Gasteiger partial charge in [-0.15, -0.1) is 0 Å². The van der Waals surface area contributed by atoms with Gasteiger partial charge in [-0.1, -0.05) is 55.5 Å². The fourth-order valence-corrected chi connectivity index (χ4v) is 2.35. The molecular weight excluding hydrogens is 180 g/mol. The molecule has 1 aromatic rings. The number of hydrogen-bond donors (Lipinski definition) is 0. The van der Waals surface area contributed by atoms with Crippen LogP contribution in [0.5, 0.6) is 0 Å². The van der Waals surface area contributed by atoms with Gasteiger partial charge in [0.2, 0.25) is 0 Å². The van der Waals surface area contributed by atoms with Gasteiger partial charge in [0, 0.05) is 5.92 Å². The molecule has 0 heteroatoms. The Labute approximate surface area is 92.3 Å². The Kier molecular flexibility index (Phi) is 3.05. The molecule has 0 N–H and O–H groups in total. The summed E-state index contributed by atoms with van der Waals surface area (Å²) in [4.78, 5) is 0. The van der Waals surface area contributed by atoms with Crippen molar-refractivity contribution in [1.82, 2.24) is 0 Å². The summed E-state index contributed by atoms with van der Waals surface area (Å²) < 4.78 is 0. The summed E-state index contributed by atoms with van der Waals surface area (Å²) in [5.41, 5.74) is 3.89. The van der Waals surface area contributed by atoms with Crippen molar-refractivity contribution in [3.8, 4) is 0 Å². The second-order valence-electron chi connectivity index (χ2n) is 4.35. The lowest BCUT2D eigenvalue weighted by molar-refractivity contribution is 0.531. The van der Waals surface area contributed by atoms with Crippen LogP contribution in [-0.4, -0.2) is 0 Å². The van der Waals surface area contributed by atoms with E-state index < -0.39 is 0 Å². The third-order valence-electron chi connectivity index (χ3n) is 3.30. The minimum absolute atomic E-state index is 0.515. The van der Waals surface area contributed by atoms with Crippen LogP contribution in [0, 0.1) is 5.92 Å². The van der Waals surface area contributed by atoms with Crippen LogP contribution in [0.25, 0.3) is 5.57 Å². The van der Waals surface area contributed by atoms with Crippen molar-refractivity contribution in [3.05, 3.63) is 54.6 Å². The summed E-state index contributed by atoms with van der Waals surface area (Å²) in [7, 11) is 0. The number of hydrogen-bond acceptors (Lipinski definition) is 0. The van der Waals surface area contributed by atoms with Crippen molar-refractivity contribution < 1.29 is 0 Å². The molecule has 1 aromatic carbocycles. The summed E-state index contributed by atoms with van der Waals surface area (Å²) >= 11 is 0. The maximum absolute atomic E-state index is 4.24. The van der Waals surface area contributed by atoms with Gasteiger partial charge in [0.25, 0.3) is 0 Å². The Morgan fingerprint density at radius 1 is 1.13 bits per heavy atom. The summed E-state index contributed by atoms with van der Waals surface area (Å²) in [6.45, 7) is 8.42. The second-order valence-corrected chi connectivity index (χ2v) is 4.35. The Morgan fingerprint density at radius 3 is 2.53 bits per heavy atom. The smallest absolute Gasteiger partial charge is 0.00455 e. The summed E-state index contributed by atoms with van der Waals surface area (Å²) in [5, 5.41) is 0. The molecule has 1 unspecified atom stereocenters. The number of allylic oxidation sites excluding steroid dienone is 2. The normalized spacial score (nSPS) is 21.3. The van der Waals surface area contributed by atoms with E-state index in [0.29, 0.717) is 5.92 Å². The molecule has 1 fully saturated rings. The van der Waals surface area contributed by atoms with E-state index >= 15 is 0 Å². The summed E-state index contributed by atoms with van der Waals surface area (Å²) in [6, 6.07) is 10.5. The van der Waals surface area contributed by atoms with Crippen molar-refractivity contribution in [1.29, 1.82) is 0 Å². The average Bonchev–Trinajstić information content (AvgIpc) is 2.30. The first-order chi connectivity index (χ1) is 7.29. The minimum atomic E-state index is 0.515. The predicted octanol–water partition coefficient (Wildman–Crippen LogP) is 4.45. The SMILES string of the molecule is C=C1CCCCC1C(=C)c1ccccc1. The molecule has 1 aliphatic rings. The maximum atomic E-state index is 4.24. The van der Waals surface area contributed by atoms with Crippen LogP contribution >= 0.6 is 0 Å². The van der Waals surface area contributed by atoms with Gasteiger partial charge in [-0.25, -0.2) is 0 Å². The standard InChI is InChI=1S/C15H18/c1-12-8-6-7-11-15(12)13(2)14-9-4-3-5-10-14/h3-5,9-10,15H,1-2,6-8,11H2. The fourth-order valence-electron chi connectivity index (χ4n) is 2.35. The highest BCUT2D eigenvalue weighted by Gasteiger charge is 2.20. The highest BCUT2D eigenvalue weighted by Crippen LogP contribution is 2.36. The first kappa shape index (κ1) is 10.2. The van der Waals surface area contributed by atoms with Crippen LogP contribution in [0.15, 0.2) is 49.1 Å². The highest BCUT2D eigenvalue weighted by molar-refractivity contribution is 5.67. The van der Waals surface area contributed by atoms with Crippen molar-refractivity contribution >= 4 is 5.57 Å². The molecule has 1 atom stereocenters. The highest BCUT2D eigenvalue weighted by atomic mass is 14.2. The van der Waals surface area contributed by atoms with E-state index in [2.05, 4.69) is 37.4 Å². The molecule has 0 radical (unpaired) electrons. The summed E-state index contributed by atoms with van der Waals surface area (Å²) in [5.74, 6) is 0.515. The molecule has 1 saturated carbocycles. The van der Waals surface area contributed by atoms with Crippen LogP contribution in [-0.2, 0) is 0 Å². The van der Waals surface area contributed by atoms with E-state index in [1.54, 1.807) is 0 Å². The monoisotopic (exact) mass is 198 g/mol.